The van der Waals surface area contributed by atoms with E-state index >= 15 is 0 Å². The number of carboxylic acid groups (broad SMARTS) is 1. The van der Waals surface area contributed by atoms with Crippen molar-refractivity contribution in [2.75, 3.05) is 17.4 Å². The number of H-pyrrole nitrogens is 2. The Bertz CT molecular complexity index is 1250. The molecule has 0 saturated carbocycles. The number of aliphatic hydroxyl groups excluding tert-OH is 1. The molecule has 0 saturated heterocycles. The van der Waals surface area contributed by atoms with Gasteiger partial charge in [-0.05, 0) is 73.7 Å². The van der Waals surface area contributed by atoms with Crippen molar-refractivity contribution in [3.8, 4) is 5.69 Å². The summed E-state index contributed by atoms with van der Waals surface area (Å²) < 4.78 is 7.82. The van der Waals surface area contributed by atoms with Crippen molar-refractivity contribution in [1.82, 2.24) is 14.8 Å². The van der Waals surface area contributed by atoms with E-state index in [1.54, 1.807) is 28.6 Å². The minimum atomic E-state index is -1.32. The Kier molecular flexibility index (Phi) is 11.1. The Balaban J connectivity index is 0.00000432. The second-order valence-electron chi connectivity index (χ2n) is 7.34. The molecule has 0 spiro atoms. The molecule has 0 aliphatic heterocycles. The van der Waals surface area contributed by atoms with Crippen LogP contribution in [0.1, 0.15) is 17.5 Å². The third-order valence-corrected chi connectivity index (χ3v) is 6.14. The molecule has 1 atom stereocenters. The molecule has 0 aliphatic rings. The van der Waals surface area contributed by atoms with Gasteiger partial charge in [0.05, 0.1) is 36.1 Å². The van der Waals surface area contributed by atoms with Crippen molar-refractivity contribution in [2.24, 2.45) is 0 Å². The zero-order valence-corrected chi connectivity index (χ0v) is 22.0. The van der Waals surface area contributed by atoms with Gasteiger partial charge in [0, 0.05) is 30.0 Å². The third-order valence-electron chi connectivity index (χ3n) is 4.81. The first-order valence-corrected chi connectivity index (χ1v) is 11.6. The minimum Gasteiger partial charge on any atom is -0.550 e. The molecule has 1 unspecified atom stereocenters. The predicted octanol–water partition coefficient (Wildman–Crippen LogP) is 0.295. The summed E-state index contributed by atoms with van der Waals surface area (Å²) in [4.78, 5) is 18.3. The van der Waals surface area contributed by atoms with Crippen molar-refractivity contribution in [2.45, 2.75) is 31.3 Å². The number of carbonyl (C=O) groups excluding carboxylic acids is 1. The fourth-order valence-electron chi connectivity index (χ4n) is 3.38. The molecular weight excluding hydrogens is 505 g/mol. The average molecular weight is 529 g/mol. The normalized spacial score (nSPS) is 11.5. The molecule has 0 bridgehead atoms. The van der Waals surface area contributed by atoms with Gasteiger partial charge < -0.3 is 19.9 Å². The number of carboxylic acids is 1. The fourth-order valence-corrected chi connectivity index (χ4v) is 4.42. The van der Waals surface area contributed by atoms with E-state index in [-0.39, 0.29) is 18.9 Å². The van der Waals surface area contributed by atoms with Gasteiger partial charge in [0.25, 0.3) is 0 Å². The van der Waals surface area contributed by atoms with Crippen LogP contribution in [-0.2, 0) is 14.1 Å². The van der Waals surface area contributed by atoms with E-state index < -0.39 is 18.5 Å². The third kappa shape index (κ3) is 7.70. The molecule has 181 valence electrons. The van der Waals surface area contributed by atoms with Crippen molar-refractivity contribution in [1.29, 1.82) is 0 Å². The Morgan fingerprint density at radius 3 is 2.63 bits per heavy atom. The molecule has 10 nitrogen and oxygen atoms in total. The van der Waals surface area contributed by atoms with Gasteiger partial charge in [-0.25, -0.2) is 5.48 Å². The van der Waals surface area contributed by atoms with Crippen molar-refractivity contribution < 1.29 is 43.2 Å². The van der Waals surface area contributed by atoms with Crippen LogP contribution < -0.4 is 34.3 Å². The number of likely N-dealkylation sites (N-methyl/N-ethyl adjacent to an activating group) is 1. The van der Waals surface area contributed by atoms with Crippen molar-refractivity contribution in [3.05, 3.63) is 63.6 Å². The summed E-state index contributed by atoms with van der Waals surface area (Å²) in [7, 11) is 1.73. The number of aromatic nitrogens is 3. The Morgan fingerprint density at radius 2 is 1.97 bits per heavy atom. The Hall–Kier alpha value is -2.08. The van der Waals surface area contributed by atoms with Crippen LogP contribution in [-0.4, -0.2) is 39.0 Å². The second-order valence-corrected chi connectivity index (χ2v) is 8.86. The molecule has 4 N–H and O–H groups in total. The summed E-state index contributed by atoms with van der Waals surface area (Å²) >= 11 is 11.5. The van der Waals surface area contributed by atoms with Crippen LogP contribution in [0.5, 0.6) is 0 Å². The van der Waals surface area contributed by atoms with Gasteiger partial charge >= 0.3 is 18.9 Å². The van der Waals surface area contributed by atoms with Crippen LogP contribution in [0.25, 0.3) is 5.69 Å². The van der Waals surface area contributed by atoms with Gasteiger partial charge in [-0.15, -0.1) is 9.32 Å². The number of aryl methyl sites for hydroxylation is 1. The molecule has 0 aliphatic carbocycles. The zero-order chi connectivity index (χ0) is 24.8. The Morgan fingerprint density at radius 1 is 1.29 bits per heavy atom. The number of hydrogen-bond donors (Lipinski definition) is 4. The van der Waals surface area contributed by atoms with Gasteiger partial charge in [-0.3, -0.25) is 14.8 Å². The minimum absolute atomic E-state index is 0. The number of hydrogen-bond acceptors (Lipinski definition) is 10. The number of aromatic amines is 2. The fraction of sp³-hybridized carbons (Fsp3) is 0.238. The standard InChI is InChI=1S/C21H24N5O5S3.Li/c1-12-7-8-17(13(2)19(12)25(3)11-16(27)10-18(28)29)34-31-30-24-14-5-4-6-15(9-14)26-20(32)22-23-21(26)33;/h4-9,11,16,24,27H,10H2,1-3H3,(H,22,32)(H,23,33)(H,28,29);/q;+1/p-1. The van der Waals surface area contributed by atoms with E-state index in [0.717, 1.165) is 39.4 Å². The number of nitrogens with one attached hydrogen (secondary N) is 3. The Labute approximate surface area is 228 Å². The summed E-state index contributed by atoms with van der Waals surface area (Å²) in [6, 6.07) is 11.0. The molecule has 0 amide bonds. The first-order chi connectivity index (χ1) is 16.2. The first kappa shape index (κ1) is 29.1. The van der Waals surface area contributed by atoms with Gasteiger partial charge in [-0.1, -0.05) is 12.1 Å². The largest absolute Gasteiger partial charge is 1.00 e. The molecule has 1 radical (unpaired) electrons. The van der Waals surface area contributed by atoms with Gasteiger partial charge in [-0.2, -0.15) is 0 Å². The summed E-state index contributed by atoms with van der Waals surface area (Å²) in [6.07, 6.45) is -1.65. The zero-order valence-electron chi connectivity index (χ0n) is 19.5. The van der Waals surface area contributed by atoms with Crippen molar-refractivity contribution >= 4 is 53.8 Å². The summed E-state index contributed by atoms with van der Waals surface area (Å²) in [5.41, 5.74) is 6.70. The van der Waals surface area contributed by atoms with Crippen LogP contribution in [0.4, 0.5) is 11.4 Å². The molecule has 14 heteroatoms. The van der Waals surface area contributed by atoms with E-state index in [9.17, 15) is 15.0 Å². The predicted molar refractivity (Wildman–Crippen MR) is 132 cm³/mol. The summed E-state index contributed by atoms with van der Waals surface area (Å²) in [5.74, 6) is -1.32. The molecule has 3 aromatic rings. The van der Waals surface area contributed by atoms with Gasteiger partial charge in [0.15, 0.2) is 9.54 Å². The van der Waals surface area contributed by atoms with E-state index in [4.69, 9.17) is 33.8 Å². The second kappa shape index (κ2) is 13.3. The van der Waals surface area contributed by atoms with Crippen LogP contribution >= 0.6 is 36.5 Å². The van der Waals surface area contributed by atoms with E-state index in [0.29, 0.717) is 15.2 Å². The summed E-state index contributed by atoms with van der Waals surface area (Å²) in [5, 5.41) is 26.2. The van der Waals surface area contributed by atoms with Crippen LogP contribution in [0.2, 0.25) is 0 Å². The summed E-state index contributed by atoms with van der Waals surface area (Å²) in [6.45, 7) is 5.24. The number of carbonyl (C=O) groups is 1. The first-order valence-electron chi connectivity index (χ1n) is 9.99. The molecule has 35 heavy (non-hydrogen) atoms. The van der Waals surface area contributed by atoms with E-state index in [1.165, 1.54) is 6.54 Å². The maximum atomic E-state index is 10.7. The van der Waals surface area contributed by atoms with Crippen molar-refractivity contribution in [3.63, 3.8) is 0 Å². The van der Waals surface area contributed by atoms with Crippen LogP contribution in [0.3, 0.4) is 0 Å². The maximum absolute atomic E-state index is 10.7. The average Bonchev–Trinajstić information content (AvgIpc) is 3.10. The quantitative estimate of drug-likeness (QED) is 0.0688. The number of anilines is 2. The SMILES string of the molecule is Cc1ccc(SOONc2cccc(-n3c(=S)[nH][nH]c3=S)c2)c(C)c1N(C)[CH]C(O)CC(=O)[O-].[Li+]. The van der Waals surface area contributed by atoms with E-state index in [2.05, 4.69) is 15.7 Å². The topological polar surface area (TPSA) is 131 Å². The van der Waals surface area contributed by atoms with Gasteiger partial charge in [0.2, 0.25) is 0 Å². The molecule has 2 aromatic carbocycles. The van der Waals surface area contributed by atoms with E-state index in [1.807, 2.05) is 38.1 Å². The van der Waals surface area contributed by atoms with Gasteiger partial charge in [0.1, 0.15) is 0 Å². The number of benzene rings is 2. The maximum Gasteiger partial charge on any atom is 1.00 e. The van der Waals surface area contributed by atoms with Crippen LogP contribution in [0, 0.1) is 29.9 Å². The molecule has 1 heterocycles. The number of nitrogens with zero attached hydrogens (tertiary/aromatic N) is 2. The number of rotatable bonds is 11. The molecule has 0 fully saturated rings. The number of aliphatic carboxylic acids is 1. The molecule has 1 aromatic heterocycles. The molecular formula is C21H23LiN5O5S3. The smallest absolute Gasteiger partial charge is 0.550 e. The number of aliphatic hydroxyl groups is 1. The monoisotopic (exact) mass is 528 g/mol. The molecule has 3 rings (SSSR count). The van der Waals surface area contributed by atoms with Crippen LogP contribution in [0.15, 0.2) is 41.3 Å².